The number of hydrogen-bond acceptors (Lipinski definition) is 14. The Morgan fingerprint density at radius 1 is 0.413 bits per heavy atom. The fourth-order valence-corrected chi connectivity index (χ4v) is 4.42. The van der Waals surface area contributed by atoms with Crippen LogP contribution in [0.4, 0.5) is 0 Å². The first-order valence-electron chi connectivity index (χ1n) is 16.2. The van der Waals surface area contributed by atoms with E-state index in [1.807, 2.05) is 9.80 Å². The Morgan fingerprint density at radius 3 is 1.02 bits per heavy atom. The molecule has 0 saturated carbocycles. The van der Waals surface area contributed by atoms with Crippen LogP contribution in [0.5, 0.6) is 0 Å². The van der Waals surface area contributed by atoms with Crippen molar-refractivity contribution < 1.29 is 63.7 Å². The van der Waals surface area contributed by atoms with Gasteiger partial charge in [-0.25, -0.2) is 0 Å². The maximum absolute atomic E-state index is 12.0. The van der Waals surface area contributed by atoms with Gasteiger partial charge >= 0.3 is 23.9 Å². The highest BCUT2D eigenvalue weighted by molar-refractivity contribution is 5.71. The van der Waals surface area contributed by atoms with Crippen molar-refractivity contribution in [3.05, 3.63) is 0 Å². The summed E-state index contributed by atoms with van der Waals surface area (Å²) in [5.74, 6) is -1.67. The number of hydrogen-bond donors (Lipinski definition) is 3. The van der Waals surface area contributed by atoms with Crippen molar-refractivity contribution in [3.63, 3.8) is 0 Å². The number of aliphatic hydroxyl groups excluding tert-OH is 3. The molecular weight excluding hydrogens is 610 g/mol. The number of nitrogens with zero attached hydrogens (tertiary/aromatic N) is 3. The fourth-order valence-electron chi connectivity index (χ4n) is 4.42. The lowest BCUT2D eigenvalue weighted by atomic mass is 10.2. The van der Waals surface area contributed by atoms with Gasteiger partial charge in [-0.05, 0) is 58.4 Å². The second kappa shape index (κ2) is 31.2. The van der Waals surface area contributed by atoms with Gasteiger partial charge in [-0.15, -0.1) is 0 Å². The maximum Gasteiger partial charge on any atom is 0.307 e. The molecule has 0 spiro atoms. The molecule has 0 fully saturated rings. The zero-order valence-electron chi connectivity index (χ0n) is 27.3. The second-order valence-electron chi connectivity index (χ2n) is 10.5. The molecule has 0 aliphatic carbocycles. The molecule has 0 aromatic heterocycles. The van der Waals surface area contributed by atoms with E-state index in [0.717, 1.165) is 38.9 Å². The van der Waals surface area contributed by atoms with Gasteiger partial charge in [-0.2, -0.15) is 0 Å². The summed E-state index contributed by atoms with van der Waals surface area (Å²) in [7, 11) is 0. The fraction of sp³-hybridized carbons (Fsp3) is 0.867. The summed E-state index contributed by atoms with van der Waals surface area (Å²) in [4.78, 5) is 54.2. The largest absolute Gasteiger partial charge is 0.463 e. The number of aliphatic hydroxyl groups is 3. The first kappa shape index (κ1) is 43.6. The average Bonchev–Trinajstić information content (AvgIpc) is 3.05. The highest BCUT2D eigenvalue weighted by Gasteiger charge is 2.16. The van der Waals surface area contributed by atoms with E-state index in [-0.39, 0.29) is 85.1 Å². The Kier molecular flexibility index (Phi) is 29.5. The Hall–Kier alpha value is -2.44. The molecule has 0 heterocycles. The maximum atomic E-state index is 12.0. The molecule has 0 aromatic carbocycles. The van der Waals surface area contributed by atoms with E-state index in [2.05, 4.69) is 4.90 Å². The predicted octanol–water partition coefficient (Wildman–Crippen LogP) is -2.39. The van der Waals surface area contributed by atoms with Crippen LogP contribution in [0, 0.1) is 0 Å². The molecular formula is C30H59N3O13+2. The first-order chi connectivity index (χ1) is 22.3. The van der Waals surface area contributed by atoms with Crippen molar-refractivity contribution in [3.8, 4) is 0 Å². The Labute approximate surface area is 272 Å². The van der Waals surface area contributed by atoms with Gasteiger partial charge in [0.2, 0.25) is 0 Å². The molecule has 270 valence electrons. The van der Waals surface area contributed by atoms with Crippen LogP contribution < -0.4 is 0 Å². The molecule has 16 nitrogen and oxygen atoms in total. The lowest BCUT2D eigenvalue weighted by molar-refractivity contribution is -0.146. The quantitative estimate of drug-likeness (QED) is 0.0295. The molecule has 16 heteroatoms. The topological polar surface area (TPSA) is 221 Å². The number of rotatable bonds is 32. The van der Waals surface area contributed by atoms with Gasteiger partial charge in [-0.1, -0.05) is 0 Å². The zero-order chi connectivity index (χ0) is 34.3. The zero-order valence-corrected chi connectivity index (χ0v) is 27.3. The van der Waals surface area contributed by atoms with Gasteiger partial charge in [0.25, 0.3) is 0 Å². The minimum atomic E-state index is -0.433. The monoisotopic (exact) mass is 669 g/mol. The van der Waals surface area contributed by atoms with Gasteiger partial charge in [0.15, 0.2) is 26.4 Å². The summed E-state index contributed by atoms with van der Waals surface area (Å²) in [5.41, 5.74) is 0. The van der Waals surface area contributed by atoms with Crippen molar-refractivity contribution >= 4 is 23.9 Å². The van der Waals surface area contributed by atoms with E-state index < -0.39 is 23.9 Å². The normalized spacial score (nSPS) is 11.3. The van der Waals surface area contributed by atoms with Crippen LogP contribution in [-0.2, 0) is 38.1 Å². The van der Waals surface area contributed by atoms with Gasteiger partial charge in [0.1, 0.15) is 13.2 Å². The van der Waals surface area contributed by atoms with Crippen molar-refractivity contribution in [2.24, 2.45) is 0 Å². The molecule has 0 unspecified atom stereocenters. The van der Waals surface area contributed by atoms with Crippen molar-refractivity contribution in [1.29, 1.82) is 0 Å². The minimum absolute atomic E-state index is 0.00749. The number of unbranched alkanes of at least 4 members (excludes halogenated alkanes) is 1. The Bertz CT molecular complexity index is 685. The third kappa shape index (κ3) is 26.7. The standard InChI is InChI=1S/C30H57N3O13/c34-18-2-1-9-31(10-3-12-32(14-5-27(39)43-23-19-35)15-6-28(40)44-24-20-36)11-4-13-33(16-7-29(41)45-25-21-37)17-8-30(42)46-26-22-38/h34-38H,1-26H2/p+2. The van der Waals surface area contributed by atoms with E-state index >= 15 is 0 Å². The van der Waals surface area contributed by atoms with Crippen molar-refractivity contribution in [2.75, 3.05) is 118 Å². The lowest BCUT2D eigenvalue weighted by Crippen LogP contribution is -2.36. The smallest absolute Gasteiger partial charge is 0.307 e. The van der Waals surface area contributed by atoms with E-state index in [1.54, 1.807) is 0 Å². The molecule has 0 amide bonds. The summed E-state index contributed by atoms with van der Waals surface area (Å²) in [6.07, 6.45) is 3.45. The second-order valence-corrected chi connectivity index (χ2v) is 10.5. The van der Waals surface area contributed by atoms with Crippen molar-refractivity contribution in [1.82, 2.24) is 14.7 Å². The molecule has 0 aromatic rings. The van der Waals surface area contributed by atoms with Crippen LogP contribution >= 0.6 is 0 Å². The molecule has 0 aliphatic heterocycles. The van der Waals surface area contributed by atoms with Crippen LogP contribution in [0.3, 0.4) is 0 Å². The molecule has 0 saturated heterocycles. The van der Waals surface area contributed by atoms with Crippen molar-refractivity contribution in [2.45, 2.75) is 51.4 Å². The highest BCUT2D eigenvalue weighted by atomic mass is 16.6. The molecule has 46 heavy (non-hydrogen) atoms. The number of carbonyl (C=O) groups excluding carboxylic acids is 4. The number of esters is 4. The Morgan fingerprint density at radius 2 is 0.717 bits per heavy atom. The lowest BCUT2D eigenvalue weighted by Gasteiger charge is -2.27. The molecule has 0 aliphatic rings. The van der Waals surface area contributed by atoms with E-state index in [0.29, 0.717) is 45.7 Å². The average molecular weight is 670 g/mol. The number of carbonyl (C=O) groups is 4. The SMILES string of the molecule is O=C(CCN(CCCN(CCCCO)CCCN(CCC(=O)OCCO)CCC(=O)OCC[OH2+])CCC(=O)OCC[OH2+])OCCO. The number of ether oxygens (including phenoxy) is 4. The molecule has 0 bridgehead atoms. The summed E-state index contributed by atoms with van der Waals surface area (Å²) >= 11 is 0. The third-order valence-corrected chi connectivity index (χ3v) is 6.75. The van der Waals surface area contributed by atoms with Crippen LogP contribution in [0.2, 0.25) is 0 Å². The Balaban J connectivity index is 5.11. The minimum Gasteiger partial charge on any atom is -0.463 e. The summed E-state index contributed by atoms with van der Waals surface area (Å²) in [6.45, 7) is 4.48. The molecule has 7 N–H and O–H groups in total. The van der Waals surface area contributed by atoms with E-state index in [9.17, 15) is 24.3 Å². The third-order valence-electron chi connectivity index (χ3n) is 6.75. The van der Waals surface area contributed by atoms with Crippen LogP contribution in [-0.4, -0.2) is 182 Å². The first-order valence-corrected chi connectivity index (χ1v) is 16.2. The molecule has 0 radical (unpaired) electrons. The van der Waals surface area contributed by atoms with Gasteiger partial charge < -0.3 is 59.2 Å². The van der Waals surface area contributed by atoms with E-state index in [4.69, 9.17) is 39.4 Å². The van der Waals surface area contributed by atoms with Gasteiger partial charge in [0.05, 0.1) is 38.9 Å². The van der Waals surface area contributed by atoms with Crippen LogP contribution in [0.25, 0.3) is 0 Å². The van der Waals surface area contributed by atoms with Crippen LogP contribution in [0.15, 0.2) is 0 Å². The van der Waals surface area contributed by atoms with E-state index in [1.165, 1.54) is 0 Å². The summed E-state index contributed by atoms with van der Waals surface area (Å²) in [6, 6.07) is 0. The highest BCUT2D eigenvalue weighted by Crippen LogP contribution is 2.06. The molecule has 0 atom stereocenters. The van der Waals surface area contributed by atoms with Gasteiger partial charge in [0, 0.05) is 32.8 Å². The summed E-state index contributed by atoms with van der Waals surface area (Å²) < 4.78 is 19.9. The predicted molar refractivity (Wildman–Crippen MR) is 168 cm³/mol. The molecule has 0 rings (SSSR count). The van der Waals surface area contributed by atoms with Gasteiger partial charge in [-0.3, -0.25) is 19.2 Å². The summed E-state index contributed by atoms with van der Waals surface area (Å²) in [5, 5.41) is 41.3. The van der Waals surface area contributed by atoms with Crippen LogP contribution in [0.1, 0.15) is 51.4 Å².